The summed E-state index contributed by atoms with van der Waals surface area (Å²) >= 11 is 0. The van der Waals surface area contributed by atoms with Gasteiger partial charge < -0.3 is 19.3 Å². The van der Waals surface area contributed by atoms with E-state index in [1.165, 1.54) is 0 Å². The highest BCUT2D eigenvalue weighted by atomic mass is 16.6. The SMILES string of the molecule is O=C=NC(CC1CO1)C(O)(CC1CO1)CC1CO1. The lowest BCUT2D eigenvalue weighted by Crippen LogP contribution is -2.44. The van der Waals surface area contributed by atoms with E-state index in [2.05, 4.69) is 4.99 Å². The van der Waals surface area contributed by atoms with Crippen LogP contribution < -0.4 is 0 Å². The maximum atomic E-state index is 10.8. The summed E-state index contributed by atoms with van der Waals surface area (Å²) in [5.41, 5.74) is -1.05. The van der Waals surface area contributed by atoms with Crippen LogP contribution in [0.25, 0.3) is 0 Å². The van der Waals surface area contributed by atoms with Crippen LogP contribution in [0.4, 0.5) is 0 Å². The minimum Gasteiger partial charge on any atom is -0.387 e. The van der Waals surface area contributed by atoms with Gasteiger partial charge in [-0.2, -0.15) is 4.99 Å². The van der Waals surface area contributed by atoms with Crippen molar-refractivity contribution in [2.45, 2.75) is 49.2 Å². The van der Waals surface area contributed by atoms with Crippen LogP contribution in [0.1, 0.15) is 19.3 Å². The highest BCUT2D eigenvalue weighted by molar-refractivity contribution is 5.34. The van der Waals surface area contributed by atoms with Crippen molar-refractivity contribution in [3.05, 3.63) is 0 Å². The van der Waals surface area contributed by atoms with Gasteiger partial charge in [-0.05, 0) is 0 Å². The quantitative estimate of drug-likeness (QED) is 0.368. The molecule has 4 unspecified atom stereocenters. The molecular weight excluding hydrogens is 238 g/mol. The molecule has 3 aliphatic heterocycles. The van der Waals surface area contributed by atoms with Gasteiger partial charge >= 0.3 is 0 Å². The Labute approximate surface area is 105 Å². The van der Waals surface area contributed by atoms with E-state index in [9.17, 15) is 9.90 Å². The van der Waals surface area contributed by atoms with Crippen LogP contribution >= 0.6 is 0 Å². The molecule has 0 amide bonds. The Balaban J connectivity index is 1.70. The van der Waals surface area contributed by atoms with Crippen molar-refractivity contribution < 1.29 is 24.1 Å². The van der Waals surface area contributed by atoms with E-state index in [0.29, 0.717) is 39.1 Å². The summed E-state index contributed by atoms with van der Waals surface area (Å²) < 4.78 is 15.5. The molecule has 100 valence electrons. The molecule has 6 heteroatoms. The van der Waals surface area contributed by atoms with Gasteiger partial charge in [-0.1, -0.05) is 0 Å². The van der Waals surface area contributed by atoms with Crippen molar-refractivity contribution in [2.24, 2.45) is 4.99 Å². The average Bonchev–Trinajstić information content (AvgIpc) is 3.13. The lowest BCUT2D eigenvalue weighted by atomic mass is 9.83. The summed E-state index contributed by atoms with van der Waals surface area (Å²) in [6.45, 7) is 2.03. The van der Waals surface area contributed by atoms with Crippen molar-refractivity contribution in [3.8, 4) is 0 Å². The molecule has 0 radical (unpaired) electrons. The average molecular weight is 255 g/mol. The molecule has 0 spiro atoms. The molecule has 0 aliphatic carbocycles. The first-order valence-electron chi connectivity index (χ1n) is 6.34. The molecule has 3 heterocycles. The molecule has 0 bridgehead atoms. The molecule has 0 aromatic heterocycles. The summed E-state index contributed by atoms with van der Waals surface area (Å²) in [6, 6.07) is -0.476. The first-order chi connectivity index (χ1) is 8.69. The maximum absolute atomic E-state index is 10.8. The van der Waals surface area contributed by atoms with Gasteiger partial charge in [0.05, 0.1) is 49.8 Å². The molecule has 0 aromatic rings. The summed E-state index contributed by atoms with van der Waals surface area (Å²) in [7, 11) is 0. The molecule has 0 aromatic carbocycles. The van der Waals surface area contributed by atoms with Crippen LogP contribution in [0.3, 0.4) is 0 Å². The first-order valence-corrected chi connectivity index (χ1v) is 6.34. The maximum Gasteiger partial charge on any atom is 0.235 e. The van der Waals surface area contributed by atoms with E-state index in [0.717, 1.165) is 0 Å². The van der Waals surface area contributed by atoms with Crippen molar-refractivity contribution in [2.75, 3.05) is 19.8 Å². The molecule has 6 nitrogen and oxygen atoms in total. The summed E-state index contributed by atoms with van der Waals surface area (Å²) in [6.07, 6.45) is 3.40. The number of aliphatic hydroxyl groups is 1. The lowest BCUT2D eigenvalue weighted by molar-refractivity contribution is -0.0172. The van der Waals surface area contributed by atoms with Gasteiger partial charge in [-0.15, -0.1) is 0 Å². The number of rotatable bonds is 8. The first kappa shape index (κ1) is 12.3. The molecule has 3 rings (SSSR count). The van der Waals surface area contributed by atoms with E-state index in [4.69, 9.17) is 14.2 Å². The van der Waals surface area contributed by atoms with Crippen LogP contribution in [0.5, 0.6) is 0 Å². The number of hydrogen-bond donors (Lipinski definition) is 1. The topological polar surface area (TPSA) is 87.2 Å². The van der Waals surface area contributed by atoms with Crippen molar-refractivity contribution >= 4 is 6.08 Å². The van der Waals surface area contributed by atoms with Crippen molar-refractivity contribution in [1.82, 2.24) is 0 Å². The second-order valence-electron chi connectivity index (χ2n) is 5.35. The van der Waals surface area contributed by atoms with E-state index in [1.54, 1.807) is 6.08 Å². The molecule has 3 fully saturated rings. The second kappa shape index (κ2) is 4.72. The zero-order valence-corrected chi connectivity index (χ0v) is 10.1. The Morgan fingerprint density at radius 3 is 2.06 bits per heavy atom. The van der Waals surface area contributed by atoms with Crippen LogP contribution in [0, 0.1) is 0 Å². The van der Waals surface area contributed by atoms with E-state index in [1.807, 2.05) is 0 Å². The molecular formula is C12H17NO5. The van der Waals surface area contributed by atoms with Crippen molar-refractivity contribution in [1.29, 1.82) is 0 Å². The summed E-state index contributed by atoms with van der Waals surface area (Å²) in [4.78, 5) is 14.4. The predicted octanol–water partition coefficient (Wildman–Crippen LogP) is -0.211. The fourth-order valence-electron chi connectivity index (χ4n) is 2.42. The number of nitrogens with zero attached hydrogens (tertiary/aromatic N) is 1. The molecule has 1 N–H and O–H groups in total. The highest BCUT2D eigenvalue weighted by Gasteiger charge is 2.48. The highest BCUT2D eigenvalue weighted by Crippen LogP contribution is 2.37. The third-order valence-corrected chi connectivity index (χ3v) is 3.68. The minimum atomic E-state index is -1.05. The number of epoxide rings is 3. The van der Waals surface area contributed by atoms with Crippen LogP contribution in [-0.2, 0) is 19.0 Å². The number of ether oxygens (including phenoxy) is 3. The molecule has 18 heavy (non-hydrogen) atoms. The Morgan fingerprint density at radius 1 is 1.17 bits per heavy atom. The van der Waals surface area contributed by atoms with Gasteiger partial charge in [-0.25, -0.2) is 4.79 Å². The van der Waals surface area contributed by atoms with Gasteiger partial charge in [-0.3, -0.25) is 0 Å². The van der Waals surface area contributed by atoms with Crippen LogP contribution in [0.2, 0.25) is 0 Å². The Kier molecular flexibility index (Phi) is 3.21. The molecule has 4 atom stereocenters. The summed E-state index contributed by atoms with van der Waals surface area (Å²) in [5, 5.41) is 10.8. The molecule has 3 saturated heterocycles. The predicted molar refractivity (Wildman–Crippen MR) is 59.9 cm³/mol. The normalized spacial score (nSPS) is 37.3. The van der Waals surface area contributed by atoms with Gasteiger partial charge in [0.1, 0.15) is 0 Å². The van der Waals surface area contributed by atoms with E-state index in [-0.39, 0.29) is 18.3 Å². The fraction of sp³-hybridized carbons (Fsp3) is 0.917. The van der Waals surface area contributed by atoms with Crippen LogP contribution in [-0.4, -0.2) is 61.0 Å². The second-order valence-corrected chi connectivity index (χ2v) is 5.35. The zero-order valence-electron chi connectivity index (χ0n) is 10.1. The monoisotopic (exact) mass is 255 g/mol. The van der Waals surface area contributed by atoms with Crippen LogP contribution in [0.15, 0.2) is 4.99 Å². The Hall–Kier alpha value is -0.780. The third kappa shape index (κ3) is 3.16. The number of carbonyl (C=O) groups excluding carboxylic acids is 1. The molecule has 3 aliphatic rings. The minimum absolute atomic E-state index is 0.0817. The van der Waals surface area contributed by atoms with Gasteiger partial charge in [0.2, 0.25) is 6.08 Å². The van der Waals surface area contributed by atoms with E-state index >= 15 is 0 Å². The standard InChI is InChI=1S/C12H17NO5/c14-7-13-11(1-8-4-16-8)12(15,2-9-5-17-9)3-10-6-18-10/h8-11,15H,1-6H2. The lowest BCUT2D eigenvalue weighted by Gasteiger charge is -2.32. The van der Waals surface area contributed by atoms with Gasteiger partial charge in [0.25, 0.3) is 0 Å². The fourth-order valence-corrected chi connectivity index (χ4v) is 2.42. The number of aliphatic imine (C=N–C) groups is 1. The van der Waals surface area contributed by atoms with Gasteiger partial charge in [0, 0.05) is 19.3 Å². The smallest absolute Gasteiger partial charge is 0.235 e. The molecule has 0 saturated carbocycles. The largest absolute Gasteiger partial charge is 0.387 e. The number of isocyanates is 1. The third-order valence-electron chi connectivity index (χ3n) is 3.68. The Bertz CT molecular complexity index is 341. The van der Waals surface area contributed by atoms with Crippen molar-refractivity contribution in [3.63, 3.8) is 0 Å². The van der Waals surface area contributed by atoms with Gasteiger partial charge in [0.15, 0.2) is 0 Å². The zero-order chi connectivity index (χ0) is 12.6. The Morgan fingerprint density at radius 2 is 1.67 bits per heavy atom. The number of hydrogen-bond acceptors (Lipinski definition) is 6. The summed E-state index contributed by atoms with van der Waals surface area (Å²) in [5.74, 6) is 0. The van der Waals surface area contributed by atoms with E-state index < -0.39 is 11.6 Å².